The van der Waals surface area contributed by atoms with Gasteiger partial charge in [-0.25, -0.2) is 9.78 Å². The van der Waals surface area contributed by atoms with Gasteiger partial charge in [-0.05, 0) is 38.8 Å². The average Bonchev–Trinajstić information content (AvgIpc) is 3.06. The predicted molar refractivity (Wildman–Crippen MR) is 118 cm³/mol. The van der Waals surface area contributed by atoms with E-state index in [1.807, 2.05) is 32.9 Å². The second-order valence-corrected chi connectivity index (χ2v) is 9.87. The van der Waals surface area contributed by atoms with Crippen molar-refractivity contribution in [2.45, 2.75) is 39.7 Å². The number of ether oxygens (including phenoxy) is 1. The third-order valence-electron chi connectivity index (χ3n) is 5.02. The van der Waals surface area contributed by atoms with Crippen molar-refractivity contribution in [2.75, 3.05) is 48.3 Å². The first-order chi connectivity index (χ1) is 14.1. The maximum absolute atomic E-state index is 12.7. The van der Waals surface area contributed by atoms with Crippen LogP contribution in [0.5, 0.6) is 0 Å². The summed E-state index contributed by atoms with van der Waals surface area (Å²) < 4.78 is 5.46. The number of aromatic nitrogens is 1. The van der Waals surface area contributed by atoms with Crippen LogP contribution in [-0.4, -0.2) is 71.1 Å². The van der Waals surface area contributed by atoms with Crippen LogP contribution in [0.4, 0.5) is 16.3 Å². The molecule has 2 aliphatic heterocycles. The summed E-state index contributed by atoms with van der Waals surface area (Å²) in [5.74, 6) is 1.63. The molecule has 0 aromatic carbocycles. The molecule has 164 valence electrons. The van der Waals surface area contributed by atoms with Crippen LogP contribution in [-0.2, 0) is 14.3 Å². The van der Waals surface area contributed by atoms with E-state index in [2.05, 4.69) is 9.88 Å². The number of piperazine rings is 1. The van der Waals surface area contributed by atoms with Gasteiger partial charge in [0.1, 0.15) is 5.60 Å². The van der Waals surface area contributed by atoms with Crippen molar-refractivity contribution in [1.29, 1.82) is 0 Å². The smallest absolute Gasteiger partial charge is 0.410 e. The minimum atomic E-state index is -0.518. The summed E-state index contributed by atoms with van der Waals surface area (Å²) in [6, 6.07) is 3.75. The van der Waals surface area contributed by atoms with E-state index < -0.39 is 5.60 Å². The van der Waals surface area contributed by atoms with Gasteiger partial charge in [-0.3, -0.25) is 9.59 Å². The van der Waals surface area contributed by atoms with Gasteiger partial charge in [-0.2, -0.15) is 0 Å². The first-order valence-corrected chi connectivity index (χ1v) is 11.2. The quantitative estimate of drug-likeness (QED) is 0.720. The molecule has 0 aliphatic carbocycles. The zero-order chi connectivity index (χ0) is 21.9. The van der Waals surface area contributed by atoms with Crippen LogP contribution >= 0.6 is 11.8 Å². The summed E-state index contributed by atoms with van der Waals surface area (Å²) in [5, 5.41) is 0.0748. The molecule has 2 aliphatic rings. The van der Waals surface area contributed by atoms with Crippen molar-refractivity contribution in [3.05, 3.63) is 18.3 Å². The molecule has 2 fully saturated rings. The number of hydrogen-bond acceptors (Lipinski definition) is 7. The third kappa shape index (κ3) is 5.65. The highest BCUT2D eigenvalue weighted by Crippen LogP contribution is 2.33. The molecule has 3 heterocycles. The Hall–Kier alpha value is -2.29. The number of carbonyl (C=O) groups excluding carboxylic acids is 3. The topological polar surface area (TPSA) is 83.1 Å². The highest BCUT2D eigenvalue weighted by atomic mass is 32.2. The zero-order valence-electron chi connectivity index (χ0n) is 18.1. The molecule has 1 aromatic rings. The first-order valence-electron chi connectivity index (χ1n) is 10.3. The molecule has 2 saturated heterocycles. The molecule has 30 heavy (non-hydrogen) atoms. The monoisotopic (exact) mass is 434 g/mol. The summed E-state index contributed by atoms with van der Waals surface area (Å²) in [6.07, 6.45) is 1.87. The molecule has 3 rings (SSSR count). The Bertz CT molecular complexity index is 802. The van der Waals surface area contributed by atoms with Crippen molar-refractivity contribution in [3.8, 4) is 0 Å². The standard InChI is InChI=1S/C21H30N4O4S/c1-15(26)30-14-16-12-18(27)25(13-16)17-6-5-7-22-19(17)23-8-10-24(11-9-23)20(28)29-21(2,3)4/h5-7,16H,8-14H2,1-4H3. The number of anilines is 2. The van der Waals surface area contributed by atoms with Gasteiger partial charge in [0.15, 0.2) is 10.9 Å². The molecule has 0 radical (unpaired) electrons. The highest BCUT2D eigenvalue weighted by Gasteiger charge is 2.34. The van der Waals surface area contributed by atoms with Gasteiger partial charge in [-0.15, -0.1) is 0 Å². The molecule has 0 spiro atoms. The Kier molecular flexibility index (Phi) is 6.90. The SMILES string of the molecule is CC(=O)SCC1CC(=O)N(c2cccnc2N2CCN(C(=O)OC(C)(C)C)CC2)C1. The molecule has 0 saturated carbocycles. The van der Waals surface area contributed by atoms with Gasteiger partial charge in [0.05, 0.1) is 5.69 Å². The number of nitrogens with zero attached hydrogens (tertiary/aromatic N) is 4. The van der Waals surface area contributed by atoms with Crippen LogP contribution < -0.4 is 9.80 Å². The molecule has 0 bridgehead atoms. The maximum atomic E-state index is 12.7. The molecule has 1 unspecified atom stereocenters. The van der Waals surface area contributed by atoms with Crippen LogP contribution in [0.25, 0.3) is 0 Å². The van der Waals surface area contributed by atoms with E-state index in [-0.39, 0.29) is 23.0 Å². The van der Waals surface area contributed by atoms with Crippen LogP contribution in [0, 0.1) is 5.92 Å². The van der Waals surface area contributed by atoms with Gasteiger partial charge >= 0.3 is 6.09 Å². The van der Waals surface area contributed by atoms with Gasteiger partial charge in [-0.1, -0.05) is 11.8 Å². The van der Waals surface area contributed by atoms with Crippen molar-refractivity contribution in [3.63, 3.8) is 0 Å². The fraction of sp³-hybridized carbons (Fsp3) is 0.619. The number of thioether (sulfide) groups is 1. The largest absolute Gasteiger partial charge is 0.444 e. The van der Waals surface area contributed by atoms with E-state index in [0.29, 0.717) is 44.9 Å². The van der Waals surface area contributed by atoms with Crippen LogP contribution in [0.2, 0.25) is 0 Å². The zero-order valence-corrected chi connectivity index (χ0v) is 18.9. The lowest BCUT2D eigenvalue weighted by Gasteiger charge is -2.37. The Morgan fingerprint density at radius 1 is 1.23 bits per heavy atom. The van der Waals surface area contributed by atoms with Gasteiger partial charge in [0.25, 0.3) is 0 Å². The van der Waals surface area contributed by atoms with Crippen molar-refractivity contribution < 1.29 is 19.1 Å². The number of hydrogen-bond donors (Lipinski definition) is 0. The molecule has 1 atom stereocenters. The minimum Gasteiger partial charge on any atom is -0.444 e. The van der Waals surface area contributed by atoms with Gasteiger partial charge < -0.3 is 19.4 Å². The van der Waals surface area contributed by atoms with E-state index in [0.717, 1.165) is 11.5 Å². The first kappa shape index (κ1) is 22.4. The highest BCUT2D eigenvalue weighted by molar-refractivity contribution is 8.13. The average molecular weight is 435 g/mol. The molecule has 0 N–H and O–H groups in total. The Labute approximate surface area is 181 Å². The summed E-state index contributed by atoms with van der Waals surface area (Å²) in [7, 11) is 0. The van der Waals surface area contributed by atoms with Crippen molar-refractivity contribution >= 4 is 40.4 Å². The molecule has 1 aromatic heterocycles. The van der Waals surface area contributed by atoms with Crippen molar-refractivity contribution in [2.24, 2.45) is 5.92 Å². The fourth-order valence-electron chi connectivity index (χ4n) is 3.63. The molecule has 9 heteroatoms. The summed E-state index contributed by atoms with van der Waals surface area (Å²) in [5.41, 5.74) is 0.277. The second kappa shape index (κ2) is 9.24. The Balaban J connectivity index is 1.66. The van der Waals surface area contributed by atoms with E-state index in [1.54, 1.807) is 22.9 Å². The van der Waals surface area contributed by atoms with Gasteiger partial charge in [0, 0.05) is 58.0 Å². The van der Waals surface area contributed by atoms with Gasteiger partial charge in [0.2, 0.25) is 5.91 Å². The van der Waals surface area contributed by atoms with Crippen LogP contribution in [0.1, 0.15) is 34.1 Å². The van der Waals surface area contributed by atoms with E-state index >= 15 is 0 Å². The summed E-state index contributed by atoms with van der Waals surface area (Å²) >= 11 is 1.27. The number of carbonyl (C=O) groups is 3. The normalized spacial score (nSPS) is 19.9. The molecular formula is C21H30N4O4S. The summed E-state index contributed by atoms with van der Waals surface area (Å²) in [4.78, 5) is 46.4. The van der Waals surface area contributed by atoms with E-state index in [1.165, 1.54) is 11.8 Å². The summed E-state index contributed by atoms with van der Waals surface area (Å²) in [6.45, 7) is 10.0. The van der Waals surface area contributed by atoms with Crippen LogP contribution in [0.3, 0.4) is 0 Å². The van der Waals surface area contributed by atoms with Crippen molar-refractivity contribution in [1.82, 2.24) is 9.88 Å². The molecule has 2 amide bonds. The van der Waals surface area contributed by atoms with E-state index in [4.69, 9.17) is 4.74 Å². The second-order valence-electron chi connectivity index (χ2n) is 8.68. The number of amides is 2. The Morgan fingerprint density at radius 3 is 2.57 bits per heavy atom. The molecular weight excluding hydrogens is 404 g/mol. The lowest BCUT2D eigenvalue weighted by molar-refractivity contribution is -0.117. The molecule has 8 nitrogen and oxygen atoms in total. The van der Waals surface area contributed by atoms with E-state index in [9.17, 15) is 14.4 Å². The maximum Gasteiger partial charge on any atom is 0.410 e. The number of rotatable bonds is 4. The minimum absolute atomic E-state index is 0.0609. The lowest BCUT2D eigenvalue weighted by atomic mass is 10.1. The fourth-order valence-corrected chi connectivity index (χ4v) is 4.33. The predicted octanol–water partition coefficient (Wildman–Crippen LogP) is 2.77. The van der Waals surface area contributed by atoms with Crippen LogP contribution in [0.15, 0.2) is 18.3 Å². The number of pyridine rings is 1. The third-order valence-corrected chi connectivity index (χ3v) is 6.06. The lowest BCUT2D eigenvalue weighted by Crippen LogP contribution is -2.50. The Morgan fingerprint density at radius 2 is 1.93 bits per heavy atom.